The van der Waals surface area contributed by atoms with E-state index in [-0.39, 0.29) is 5.56 Å². The van der Waals surface area contributed by atoms with E-state index < -0.39 is 23.0 Å². The Balaban J connectivity index is 3.13. The number of nitrogens with two attached hydrogens (primary N) is 1. The van der Waals surface area contributed by atoms with E-state index in [1.165, 1.54) is 12.1 Å². The Morgan fingerprint density at radius 2 is 2.00 bits per heavy atom. The predicted octanol–water partition coefficient (Wildman–Crippen LogP) is 0.550. The van der Waals surface area contributed by atoms with Crippen LogP contribution in [0.25, 0.3) is 0 Å². The van der Waals surface area contributed by atoms with Gasteiger partial charge in [-0.2, -0.15) is 0 Å². The predicted molar refractivity (Wildman–Crippen MR) is 51.6 cm³/mol. The van der Waals surface area contributed by atoms with Gasteiger partial charge in [0.1, 0.15) is 6.42 Å². The van der Waals surface area contributed by atoms with Crippen LogP contribution in [-0.4, -0.2) is 16.0 Å². The molecule has 1 aromatic carbocycles. The fourth-order valence-electron chi connectivity index (χ4n) is 1.23. The molecule has 6 nitrogen and oxygen atoms in total. The normalized spacial score (nSPS) is 14.2. The quantitative estimate of drug-likeness (QED) is 0.428. The average Bonchev–Trinajstić information content (AvgIpc) is 2.17. The zero-order valence-corrected chi connectivity index (χ0v) is 7.79. The number of hydrogen-bond donors (Lipinski definition) is 2. The Morgan fingerprint density at radius 3 is 2.40 bits per heavy atom. The molecule has 0 amide bonds. The summed E-state index contributed by atoms with van der Waals surface area (Å²) >= 11 is 0. The van der Waals surface area contributed by atoms with Crippen molar-refractivity contribution in [2.45, 2.75) is 12.1 Å². The van der Waals surface area contributed by atoms with Crippen LogP contribution in [0.3, 0.4) is 0 Å². The minimum absolute atomic E-state index is 0.178. The van der Waals surface area contributed by atoms with Crippen LogP contribution in [0.2, 0.25) is 0 Å². The van der Waals surface area contributed by atoms with Crippen molar-refractivity contribution in [3.63, 3.8) is 0 Å². The van der Waals surface area contributed by atoms with Gasteiger partial charge in [0.25, 0.3) is 0 Å². The van der Waals surface area contributed by atoms with E-state index in [0.717, 1.165) is 0 Å². The lowest BCUT2D eigenvalue weighted by Crippen LogP contribution is -2.46. The van der Waals surface area contributed by atoms with Crippen molar-refractivity contribution in [1.82, 2.24) is 0 Å². The molecule has 1 rings (SSSR count). The molecule has 1 aromatic rings. The third-order valence-corrected chi connectivity index (χ3v) is 2.02. The minimum atomic E-state index is -2.06. The molecule has 6 heteroatoms. The first-order chi connectivity index (χ1) is 6.97. The van der Waals surface area contributed by atoms with Gasteiger partial charge in [0.05, 0.1) is 0 Å². The molecule has 0 aliphatic heterocycles. The molecule has 15 heavy (non-hydrogen) atoms. The minimum Gasteiger partial charge on any atom is -0.481 e. The van der Waals surface area contributed by atoms with Gasteiger partial charge < -0.3 is 5.11 Å². The Kier molecular flexibility index (Phi) is 3.01. The molecule has 3 N–H and O–H groups in total. The number of carbonyl (C=O) groups is 1. The first-order valence-corrected chi connectivity index (χ1v) is 4.17. The number of carboxylic acids is 1. The maximum Gasteiger partial charge on any atom is 0.312 e. The van der Waals surface area contributed by atoms with Gasteiger partial charge in [-0.25, -0.2) is 0 Å². The van der Waals surface area contributed by atoms with Crippen LogP contribution in [0.5, 0.6) is 0 Å². The highest BCUT2D eigenvalue weighted by Gasteiger charge is 2.42. The second-order valence-electron chi connectivity index (χ2n) is 3.12. The third kappa shape index (κ3) is 2.29. The van der Waals surface area contributed by atoms with Gasteiger partial charge in [-0.05, 0) is 0 Å². The lowest BCUT2D eigenvalue weighted by Gasteiger charge is -2.18. The molecule has 1 unspecified atom stereocenters. The molecule has 0 spiro atoms. The monoisotopic (exact) mass is 210 g/mol. The summed E-state index contributed by atoms with van der Waals surface area (Å²) in [5.41, 5.74) is 3.60. The van der Waals surface area contributed by atoms with E-state index in [4.69, 9.17) is 10.8 Å². The number of carboxylic acid groups (broad SMARTS) is 1. The lowest BCUT2D eigenvalue weighted by molar-refractivity contribution is -0.577. The van der Waals surface area contributed by atoms with Crippen molar-refractivity contribution in [2.24, 2.45) is 5.73 Å². The molecule has 0 radical (unpaired) electrons. The summed E-state index contributed by atoms with van der Waals surface area (Å²) in [4.78, 5) is 20.5. The largest absolute Gasteiger partial charge is 0.481 e. The standard InChI is InChI=1S/C9H10N2O4/c10-9(11(14)15,6-8(12)13)7-4-2-1-3-5-7/h1-5H,6,10H2,(H,12,13). The van der Waals surface area contributed by atoms with Gasteiger partial charge in [-0.1, -0.05) is 30.3 Å². The van der Waals surface area contributed by atoms with Crippen molar-refractivity contribution < 1.29 is 14.8 Å². The molecular formula is C9H10N2O4. The van der Waals surface area contributed by atoms with Crippen LogP contribution < -0.4 is 5.73 Å². The van der Waals surface area contributed by atoms with Crippen LogP contribution in [0, 0.1) is 10.1 Å². The number of aliphatic carboxylic acids is 1. The molecular weight excluding hydrogens is 200 g/mol. The molecule has 0 aromatic heterocycles. The Hall–Kier alpha value is -1.95. The molecule has 80 valence electrons. The van der Waals surface area contributed by atoms with Gasteiger partial charge in [0.15, 0.2) is 0 Å². The number of hydrogen-bond acceptors (Lipinski definition) is 4. The molecule has 0 saturated heterocycles. The van der Waals surface area contributed by atoms with E-state index in [1.807, 2.05) is 0 Å². The summed E-state index contributed by atoms with van der Waals surface area (Å²) in [6, 6.07) is 7.69. The second kappa shape index (κ2) is 4.05. The lowest BCUT2D eigenvalue weighted by atomic mass is 9.98. The highest BCUT2D eigenvalue weighted by atomic mass is 16.6. The summed E-state index contributed by atoms with van der Waals surface area (Å²) in [6.07, 6.45) is -0.746. The van der Waals surface area contributed by atoms with Crippen molar-refractivity contribution in [3.8, 4) is 0 Å². The molecule has 0 bridgehead atoms. The highest BCUT2D eigenvalue weighted by molar-refractivity contribution is 5.68. The van der Waals surface area contributed by atoms with Crippen molar-refractivity contribution >= 4 is 5.97 Å². The molecule has 1 atom stereocenters. The average molecular weight is 210 g/mol. The van der Waals surface area contributed by atoms with Crippen LogP contribution >= 0.6 is 0 Å². The zero-order valence-electron chi connectivity index (χ0n) is 7.79. The fraction of sp³-hybridized carbons (Fsp3) is 0.222. The van der Waals surface area contributed by atoms with Crippen LogP contribution in [0.4, 0.5) is 0 Å². The summed E-state index contributed by atoms with van der Waals surface area (Å²) in [6.45, 7) is 0. The summed E-state index contributed by atoms with van der Waals surface area (Å²) in [5, 5.41) is 19.3. The molecule has 0 aliphatic carbocycles. The van der Waals surface area contributed by atoms with Gasteiger partial charge in [-0.15, -0.1) is 0 Å². The van der Waals surface area contributed by atoms with Gasteiger partial charge in [0.2, 0.25) is 0 Å². The van der Waals surface area contributed by atoms with Crippen molar-refractivity contribution in [2.75, 3.05) is 0 Å². The first kappa shape index (κ1) is 11.1. The number of nitrogens with zero attached hydrogens (tertiary/aromatic N) is 1. The molecule has 0 aliphatic rings. The maximum absolute atomic E-state index is 10.8. The third-order valence-electron chi connectivity index (χ3n) is 2.02. The second-order valence-corrected chi connectivity index (χ2v) is 3.12. The summed E-state index contributed by atoms with van der Waals surface area (Å²) in [7, 11) is 0. The Bertz CT molecular complexity index is 379. The van der Waals surface area contributed by atoms with E-state index in [9.17, 15) is 14.9 Å². The molecule has 0 fully saturated rings. The highest BCUT2D eigenvalue weighted by Crippen LogP contribution is 2.22. The zero-order chi connectivity index (χ0) is 11.5. The SMILES string of the molecule is NC(CC(=O)O)(c1ccccc1)[N+](=O)[O-]. The molecule has 0 saturated carbocycles. The number of rotatable bonds is 4. The van der Waals surface area contributed by atoms with Crippen molar-refractivity contribution in [3.05, 3.63) is 46.0 Å². The first-order valence-electron chi connectivity index (χ1n) is 4.17. The maximum atomic E-state index is 10.8. The van der Waals surface area contributed by atoms with Crippen LogP contribution in [0.15, 0.2) is 30.3 Å². The smallest absolute Gasteiger partial charge is 0.312 e. The van der Waals surface area contributed by atoms with E-state index in [1.54, 1.807) is 18.2 Å². The van der Waals surface area contributed by atoms with E-state index in [0.29, 0.717) is 0 Å². The van der Waals surface area contributed by atoms with Gasteiger partial charge >= 0.3 is 11.6 Å². The Labute approximate surface area is 85.5 Å². The van der Waals surface area contributed by atoms with E-state index >= 15 is 0 Å². The van der Waals surface area contributed by atoms with Crippen molar-refractivity contribution in [1.29, 1.82) is 0 Å². The number of benzene rings is 1. The Morgan fingerprint density at radius 1 is 1.47 bits per heavy atom. The van der Waals surface area contributed by atoms with Gasteiger partial charge in [-0.3, -0.25) is 20.6 Å². The number of nitro groups is 1. The van der Waals surface area contributed by atoms with E-state index in [2.05, 4.69) is 0 Å². The van der Waals surface area contributed by atoms with Gasteiger partial charge in [0, 0.05) is 10.5 Å². The van der Waals surface area contributed by atoms with Crippen LogP contribution in [-0.2, 0) is 10.5 Å². The van der Waals surface area contributed by atoms with Crippen LogP contribution in [0.1, 0.15) is 12.0 Å². The topological polar surface area (TPSA) is 106 Å². The summed E-state index contributed by atoms with van der Waals surface area (Å²) < 4.78 is 0. The fourth-order valence-corrected chi connectivity index (χ4v) is 1.23. The summed E-state index contributed by atoms with van der Waals surface area (Å²) in [5.74, 6) is -1.31. The molecule has 0 heterocycles.